The number of nitrogens with zero attached hydrogens (tertiary/aromatic N) is 3. The lowest BCUT2D eigenvalue weighted by molar-refractivity contribution is -0.0537. The Labute approximate surface area is 204 Å². The molecule has 0 radical (unpaired) electrons. The number of benzene rings is 2. The first-order valence-electron chi connectivity index (χ1n) is 11.1. The van der Waals surface area contributed by atoms with E-state index in [9.17, 15) is 5.11 Å². The van der Waals surface area contributed by atoms with Crippen LogP contribution in [0.1, 0.15) is 24.2 Å². The summed E-state index contributed by atoms with van der Waals surface area (Å²) in [6, 6.07) is 13.4. The van der Waals surface area contributed by atoms with Crippen LogP contribution in [0.3, 0.4) is 0 Å². The monoisotopic (exact) mass is 489 g/mol. The molecule has 1 N–H and O–H groups in total. The van der Waals surface area contributed by atoms with Crippen molar-refractivity contribution in [3.8, 4) is 11.5 Å². The van der Waals surface area contributed by atoms with Gasteiger partial charge in [0.05, 0.1) is 16.6 Å². The number of halogens is 2. The van der Waals surface area contributed by atoms with E-state index in [-0.39, 0.29) is 6.61 Å². The Kier molecular flexibility index (Phi) is 7.81. The molecule has 2 aromatic carbocycles. The molecule has 4 rings (SSSR count). The summed E-state index contributed by atoms with van der Waals surface area (Å²) in [5.74, 6) is 2.47. The maximum Gasteiger partial charge on any atom is 0.121 e. The van der Waals surface area contributed by atoms with Gasteiger partial charge in [-0.15, -0.1) is 0 Å². The second kappa shape index (κ2) is 10.8. The molecular formula is C25H29Cl2N3O3. The second-order valence-electron chi connectivity index (χ2n) is 8.53. The summed E-state index contributed by atoms with van der Waals surface area (Å²) in [6.45, 7) is 6.07. The Balaban J connectivity index is 1.19. The number of likely N-dealkylation sites (tertiary alicyclic amines) is 1. The van der Waals surface area contributed by atoms with Gasteiger partial charge in [0.15, 0.2) is 0 Å². The fourth-order valence-electron chi connectivity index (χ4n) is 3.91. The Morgan fingerprint density at radius 2 is 1.73 bits per heavy atom. The Morgan fingerprint density at radius 1 is 1.00 bits per heavy atom. The Bertz CT molecular complexity index is 1050. The summed E-state index contributed by atoms with van der Waals surface area (Å²) in [6.07, 6.45) is 5.07. The molecule has 1 aliphatic heterocycles. The summed E-state index contributed by atoms with van der Waals surface area (Å²) >= 11 is 12.0. The molecule has 0 bridgehead atoms. The number of rotatable bonds is 9. The van der Waals surface area contributed by atoms with Crippen LogP contribution in [0.5, 0.6) is 11.5 Å². The Hall–Kier alpha value is -2.25. The van der Waals surface area contributed by atoms with Gasteiger partial charge in [-0.05, 0) is 49.6 Å². The number of hydrogen-bond donors (Lipinski definition) is 1. The quantitative estimate of drug-likeness (QED) is 0.459. The molecule has 0 aliphatic carbocycles. The number of piperidine rings is 1. The van der Waals surface area contributed by atoms with Crippen LogP contribution in [-0.2, 0) is 13.1 Å². The van der Waals surface area contributed by atoms with Gasteiger partial charge in [0.1, 0.15) is 36.1 Å². The van der Waals surface area contributed by atoms with Gasteiger partial charge in [-0.3, -0.25) is 4.90 Å². The highest BCUT2D eigenvalue weighted by molar-refractivity contribution is 6.42. The van der Waals surface area contributed by atoms with E-state index in [1.807, 2.05) is 25.3 Å². The first kappa shape index (κ1) is 23.9. The summed E-state index contributed by atoms with van der Waals surface area (Å²) in [5, 5.41) is 11.8. The van der Waals surface area contributed by atoms with E-state index < -0.39 is 5.60 Å². The lowest BCUT2D eigenvalue weighted by Crippen LogP contribution is -2.47. The fourth-order valence-corrected chi connectivity index (χ4v) is 4.20. The molecule has 1 aromatic heterocycles. The number of aliphatic hydroxyl groups is 1. The van der Waals surface area contributed by atoms with Crippen molar-refractivity contribution in [2.75, 3.05) is 26.3 Å². The zero-order valence-corrected chi connectivity index (χ0v) is 20.2. The van der Waals surface area contributed by atoms with Crippen LogP contribution in [0, 0.1) is 6.92 Å². The van der Waals surface area contributed by atoms with Crippen molar-refractivity contribution >= 4 is 23.2 Å². The van der Waals surface area contributed by atoms with Gasteiger partial charge in [0.2, 0.25) is 0 Å². The van der Waals surface area contributed by atoms with E-state index in [2.05, 4.69) is 26.6 Å². The van der Waals surface area contributed by atoms with Crippen LogP contribution in [-0.4, -0.2) is 51.5 Å². The second-order valence-corrected chi connectivity index (χ2v) is 9.34. The van der Waals surface area contributed by atoms with Crippen molar-refractivity contribution in [2.45, 2.75) is 38.5 Å². The summed E-state index contributed by atoms with van der Waals surface area (Å²) in [5.41, 5.74) is 0.388. The van der Waals surface area contributed by atoms with Crippen LogP contribution in [0.4, 0.5) is 0 Å². The SMILES string of the molecule is Cc1nccn1CCOc1ccc(CN2CCC(O)(COc3ccc(Cl)c(Cl)c3)CC2)cc1. The topological polar surface area (TPSA) is 59.8 Å². The van der Waals surface area contributed by atoms with Crippen molar-refractivity contribution in [2.24, 2.45) is 0 Å². The third-order valence-corrected chi connectivity index (χ3v) is 6.78. The maximum atomic E-state index is 10.9. The van der Waals surface area contributed by atoms with Crippen LogP contribution in [0.2, 0.25) is 10.0 Å². The van der Waals surface area contributed by atoms with Crippen LogP contribution in [0.15, 0.2) is 54.9 Å². The predicted molar refractivity (Wildman–Crippen MR) is 130 cm³/mol. The third-order valence-electron chi connectivity index (χ3n) is 6.04. The van der Waals surface area contributed by atoms with Crippen molar-refractivity contribution in [3.63, 3.8) is 0 Å². The van der Waals surface area contributed by atoms with Crippen molar-refractivity contribution in [1.29, 1.82) is 0 Å². The lowest BCUT2D eigenvalue weighted by atomic mass is 9.92. The average molecular weight is 490 g/mol. The highest BCUT2D eigenvalue weighted by Gasteiger charge is 2.33. The number of hydrogen-bond acceptors (Lipinski definition) is 5. The number of aromatic nitrogens is 2. The van der Waals surface area contributed by atoms with E-state index >= 15 is 0 Å². The third kappa shape index (κ3) is 6.64. The minimum Gasteiger partial charge on any atom is -0.492 e. The van der Waals surface area contributed by atoms with E-state index in [0.717, 1.165) is 37.8 Å². The van der Waals surface area contributed by atoms with E-state index in [0.29, 0.717) is 35.2 Å². The molecule has 1 aliphatic rings. The van der Waals surface area contributed by atoms with Crippen molar-refractivity contribution in [1.82, 2.24) is 14.5 Å². The molecule has 0 atom stereocenters. The minimum atomic E-state index is -0.839. The average Bonchev–Trinajstić information content (AvgIpc) is 3.22. The van der Waals surface area contributed by atoms with Gasteiger partial charge in [-0.1, -0.05) is 35.3 Å². The maximum absolute atomic E-state index is 10.9. The lowest BCUT2D eigenvalue weighted by Gasteiger charge is -2.38. The minimum absolute atomic E-state index is 0.240. The molecule has 176 valence electrons. The molecule has 0 saturated carbocycles. The molecule has 3 aromatic rings. The summed E-state index contributed by atoms with van der Waals surface area (Å²) in [4.78, 5) is 6.57. The first-order chi connectivity index (χ1) is 15.9. The van der Waals surface area contributed by atoms with E-state index in [1.54, 1.807) is 24.4 Å². The number of aryl methyl sites for hydroxylation is 1. The predicted octanol–water partition coefficient (Wildman–Crippen LogP) is 4.98. The normalized spacial score (nSPS) is 16.0. The van der Waals surface area contributed by atoms with Gasteiger partial charge in [0.25, 0.3) is 0 Å². The molecule has 0 unspecified atom stereocenters. The highest BCUT2D eigenvalue weighted by Crippen LogP contribution is 2.29. The zero-order chi connectivity index (χ0) is 23.3. The fraction of sp³-hybridized carbons (Fsp3) is 0.400. The molecule has 2 heterocycles. The highest BCUT2D eigenvalue weighted by atomic mass is 35.5. The van der Waals surface area contributed by atoms with Crippen LogP contribution in [0.25, 0.3) is 0 Å². The van der Waals surface area contributed by atoms with Crippen molar-refractivity contribution < 1.29 is 14.6 Å². The van der Waals surface area contributed by atoms with Gasteiger partial charge in [0, 0.05) is 38.1 Å². The molecule has 8 heteroatoms. The van der Waals surface area contributed by atoms with Crippen LogP contribution >= 0.6 is 23.2 Å². The van der Waals surface area contributed by atoms with Crippen LogP contribution < -0.4 is 9.47 Å². The molecular weight excluding hydrogens is 461 g/mol. The molecule has 6 nitrogen and oxygen atoms in total. The van der Waals surface area contributed by atoms with E-state index in [1.165, 1.54) is 5.56 Å². The standard InChI is InChI=1S/C25H29Cl2N3O3/c1-19-28-10-13-30(19)14-15-32-21-4-2-20(3-5-21)17-29-11-8-25(31,9-12-29)18-33-22-6-7-23(26)24(27)16-22/h2-7,10,13,16,31H,8-9,11-12,14-15,17-18H2,1H3. The number of imidazole rings is 1. The largest absolute Gasteiger partial charge is 0.492 e. The summed E-state index contributed by atoms with van der Waals surface area (Å²) in [7, 11) is 0. The van der Waals surface area contributed by atoms with Crippen molar-refractivity contribution in [3.05, 3.63) is 76.3 Å². The molecule has 1 saturated heterocycles. The molecule has 33 heavy (non-hydrogen) atoms. The molecule has 0 amide bonds. The molecule has 1 fully saturated rings. The first-order valence-corrected chi connectivity index (χ1v) is 11.9. The number of ether oxygens (including phenoxy) is 2. The van der Waals surface area contributed by atoms with Gasteiger partial charge < -0.3 is 19.1 Å². The van der Waals surface area contributed by atoms with Gasteiger partial charge in [-0.2, -0.15) is 0 Å². The van der Waals surface area contributed by atoms with Gasteiger partial charge >= 0.3 is 0 Å². The van der Waals surface area contributed by atoms with E-state index in [4.69, 9.17) is 32.7 Å². The smallest absolute Gasteiger partial charge is 0.121 e. The zero-order valence-electron chi connectivity index (χ0n) is 18.7. The summed E-state index contributed by atoms with van der Waals surface area (Å²) < 4.78 is 13.7. The van der Waals surface area contributed by atoms with Gasteiger partial charge in [-0.25, -0.2) is 4.98 Å². The Morgan fingerprint density at radius 3 is 2.39 bits per heavy atom. The molecule has 0 spiro atoms.